The molecular formula is C60H40N2O. The average Bonchev–Trinajstić information content (AvgIpc) is 3.90. The Kier molecular flexibility index (Phi) is 8.83. The Bertz CT molecular complexity index is 3500. The topological polar surface area (TPSA) is 21.3 Å². The molecule has 0 amide bonds. The predicted octanol–water partition coefficient (Wildman–Crippen LogP) is 16.8. The molecule has 0 aliphatic carbocycles. The lowest BCUT2D eigenvalue weighted by Crippen LogP contribution is -2.09. The molecule has 296 valence electrons. The first-order chi connectivity index (χ1) is 31.2. The van der Waals surface area contributed by atoms with Crippen LogP contribution in [0.25, 0.3) is 93.9 Å². The quantitative estimate of drug-likeness (QED) is 0.153. The van der Waals surface area contributed by atoms with Gasteiger partial charge in [-0.1, -0.05) is 158 Å². The van der Waals surface area contributed by atoms with Crippen LogP contribution in [-0.4, -0.2) is 4.57 Å². The highest BCUT2D eigenvalue weighted by Gasteiger charge is 2.17. The third-order valence-corrected chi connectivity index (χ3v) is 12.4. The monoisotopic (exact) mass is 804 g/mol. The van der Waals surface area contributed by atoms with Gasteiger partial charge >= 0.3 is 0 Å². The Morgan fingerprint density at radius 3 is 1.35 bits per heavy atom. The van der Waals surface area contributed by atoms with Gasteiger partial charge in [0.1, 0.15) is 11.2 Å². The van der Waals surface area contributed by atoms with E-state index >= 15 is 0 Å². The fraction of sp³-hybridized carbons (Fsp3) is 0. The molecule has 0 saturated heterocycles. The van der Waals surface area contributed by atoms with Gasteiger partial charge in [0, 0.05) is 44.3 Å². The number of rotatable bonds is 8. The van der Waals surface area contributed by atoms with Crippen LogP contribution in [-0.2, 0) is 0 Å². The number of fused-ring (bicyclic) bond motifs is 6. The molecule has 12 rings (SSSR count). The fourth-order valence-corrected chi connectivity index (χ4v) is 9.28. The van der Waals surface area contributed by atoms with Crippen molar-refractivity contribution < 1.29 is 4.42 Å². The Labute approximate surface area is 366 Å². The molecule has 0 spiro atoms. The summed E-state index contributed by atoms with van der Waals surface area (Å²) < 4.78 is 8.54. The predicted molar refractivity (Wildman–Crippen MR) is 264 cm³/mol. The van der Waals surface area contributed by atoms with Crippen molar-refractivity contribution in [3.63, 3.8) is 0 Å². The lowest BCUT2D eigenvalue weighted by Gasteiger charge is -2.26. The molecule has 63 heavy (non-hydrogen) atoms. The van der Waals surface area contributed by atoms with E-state index in [-0.39, 0.29) is 0 Å². The van der Waals surface area contributed by atoms with E-state index in [1.807, 2.05) is 12.1 Å². The zero-order valence-electron chi connectivity index (χ0n) is 34.4. The van der Waals surface area contributed by atoms with Crippen molar-refractivity contribution >= 4 is 60.8 Å². The van der Waals surface area contributed by atoms with Gasteiger partial charge in [0.15, 0.2) is 0 Å². The summed E-state index contributed by atoms with van der Waals surface area (Å²) in [5.41, 5.74) is 18.1. The van der Waals surface area contributed by atoms with Gasteiger partial charge in [-0.2, -0.15) is 0 Å². The molecule has 2 heterocycles. The molecule has 0 bridgehead atoms. The van der Waals surface area contributed by atoms with Crippen molar-refractivity contribution in [2.75, 3.05) is 4.90 Å². The van der Waals surface area contributed by atoms with E-state index in [1.54, 1.807) is 0 Å². The highest BCUT2D eigenvalue weighted by atomic mass is 16.3. The van der Waals surface area contributed by atoms with E-state index < -0.39 is 0 Å². The van der Waals surface area contributed by atoms with Crippen LogP contribution < -0.4 is 4.90 Å². The van der Waals surface area contributed by atoms with Crippen molar-refractivity contribution in [1.82, 2.24) is 4.57 Å². The number of furan rings is 1. The van der Waals surface area contributed by atoms with Crippen molar-refractivity contribution in [2.24, 2.45) is 0 Å². The SMILES string of the molecule is c1ccc(-c2ccc(N(c3ccc(-c4ccccc4)cc3)c3ccc(-c4ccc5c(c4)c4ccccc4n5-c4cccc(-c5ccc6oc7ccccc7c6c5)c4)cc3)cc2)cc1. The zero-order chi connectivity index (χ0) is 41.7. The van der Waals surface area contributed by atoms with Gasteiger partial charge in [-0.3, -0.25) is 0 Å². The second kappa shape index (κ2) is 15.3. The van der Waals surface area contributed by atoms with Crippen LogP contribution in [0.15, 0.2) is 247 Å². The number of anilines is 3. The third-order valence-electron chi connectivity index (χ3n) is 12.4. The maximum absolute atomic E-state index is 6.14. The highest BCUT2D eigenvalue weighted by Crippen LogP contribution is 2.40. The van der Waals surface area contributed by atoms with Gasteiger partial charge in [-0.15, -0.1) is 0 Å². The zero-order valence-corrected chi connectivity index (χ0v) is 34.4. The molecule has 12 aromatic rings. The van der Waals surface area contributed by atoms with Gasteiger partial charge in [0.05, 0.1) is 11.0 Å². The normalized spacial score (nSPS) is 11.5. The number of para-hydroxylation sites is 2. The molecule has 3 nitrogen and oxygen atoms in total. The van der Waals surface area contributed by atoms with E-state index in [1.165, 1.54) is 55.2 Å². The van der Waals surface area contributed by atoms with Crippen LogP contribution in [0.3, 0.4) is 0 Å². The maximum atomic E-state index is 6.14. The molecule has 0 N–H and O–H groups in total. The number of aromatic nitrogens is 1. The summed E-state index contributed by atoms with van der Waals surface area (Å²) in [5, 5.41) is 4.72. The minimum absolute atomic E-state index is 0.906. The molecule has 10 aromatic carbocycles. The summed E-state index contributed by atoms with van der Waals surface area (Å²) in [6.07, 6.45) is 0. The molecule has 3 heteroatoms. The Hall–Kier alpha value is -8.40. The minimum atomic E-state index is 0.906. The van der Waals surface area contributed by atoms with Crippen LogP contribution in [0.1, 0.15) is 0 Å². The minimum Gasteiger partial charge on any atom is -0.456 e. The lowest BCUT2D eigenvalue weighted by molar-refractivity contribution is 0.669. The van der Waals surface area contributed by atoms with E-state index in [0.29, 0.717) is 0 Å². The van der Waals surface area contributed by atoms with Crippen molar-refractivity contribution in [1.29, 1.82) is 0 Å². The van der Waals surface area contributed by atoms with Gasteiger partial charge < -0.3 is 13.9 Å². The summed E-state index contributed by atoms with van der Waals surface area (Å²) in [6.45, 7) is 0. The van der Waals surface area contributed by atoms with Crippen molar-refractivity contribution in [3.05, 3.63) is 243 Å². The third kappa shape index (κ3) is 6.55. The summed E-state index contributed by atoms with van der Waals surface area (Å²) in [6, 6.07) is 87.2. The first kappa shape index (κ1) is 36.5. The molecule has 0 aliphatic rings. The van der Waals surface area contributed by atoms with E-state index in [2.05, 4.69) is 240 Å². The van der Waals surface area contributed by atoms with Crippen molar-refractivity contribution in [2.45, 2.75) is 0 Å². The van der Waals surface area contributed by atoms with Gasteiger partial charge in [-0.05, 0) is 129 Å². The largest absolute Gasteiger partial charge is 0.456 e. The van der Waals surface area contributed by atoms with E-state index in [9.17, 15) is 0 Å². The van der Waals surface area contributed by atoms with Gasteiger partial charge in [-0.25, -0.2) is 0 Å². The highest BCUT2D eigenvalue weighted by molar-refractivity contribution is 6.11. The summed E-state index contributed by atoms with van der Waals surface area (Å²) in [5.74, 6) is 0. The van der Waals surface area contributed by atoms with Crippen LogP contribution in [0.4, 0.5) is 17.1 Å². The van der Waals surface area contributed by atoms with Crippen LogP contribution >= 0.6 is 0 Å². The number of hydrogen-bond acceptors (Lipinski definition) is 2. The molecule has 0 atom stereocenters. The molecule has 0 aliphatic heterocycles. The second-order valence-electron chi connectivity index (χ2n) is 16.2. The van der Waals surface area contributed by atoms with Crippen molar-refractivity contribution in [3.8, 4) is 50.2 Å². The maximum Gasteiger partial charge on any atom is 0.135 e. The van der Waals surface area contributed by atoms with Crippen LogP contribution in [0, 0.1) is 0 Å². The first-order valence-electron chi connectivity index (χ1n) is 21.5. The molecule has 0 saturated carbocycles. The van der Waals surface area contributed by atoms with Crippen LogP contribution in [0.5, 0.6) is 0 Å². The van der Waals surface area contributed by atoms with Gasteiger partial charge in [0.2, 0.25) is 0 Å². The van der Waals surface area contributed by atoms with E-state index in [4.69, 9.17) is 4.42 Å². The van der Waals surface area contributed by atoms with Crippen LogP contribution in [0.2, 0.25) is 0 Å². The van der Waals surface area contributed by atoms with E-state index in [0.717, 1.165) is 55.8 Å². The van der Waals surface area contributed by atoms with Gasteiger partial charge in [0.25, 0.3) is 0 Å². The smallest absolute Gasteiger partial charge is 0.135 e. The standard InChI is InChI=1S/C60H40N2O/c1-3-12-41(13-4-1)43-22-30-49(31-23-43)61(50-32-24-44(25-33-50)42-14-5-2-6-15-42)51-34-26-45(27-35-51)47-28-36-58-55(39-47)53-18-7-9-20-57(53)62(58)52-17-11-16-46(38-52)48-29-37-60-56(40-48)54-19-8-10-21-59(54)63-60/h1-40H. The second-order valence-corrected chi connectivity index (χ2v) is 16.2. The average molecular weight is 805 g/mol. The number of benzene rings is 10. The first-order valence-corrected chi connectivity index (χ1v) is 21.5. The molecular weight excluding hydrogens is 765 g/mol. The summed E-state index contributed by atoms with van der Waals surface area (Å²) in [7, 11) is 0. The molecule has 0 unspecified atom stereocenters. The summed E-state index contributed by atoms with van der Waals surface area (Å²) >= 11 is 0. The lowest BCUT2D eigenvalue weighted by atomic mass is 10.0. The molecule has 2 aromatic heterocycles. The Balaban J connectivity index is 0.903. The molecule has 0 radical (unpaired) electrons. The Morgan fingerprint density at radius 1 is 0.270 bits per heavy atom. The number of hydrogen-bond donors (Lipinski definition) is 0. The fourth-order valence-electron chi connectivity index (χ4n) is 9.28. The Morgan fingerprint density at radius 2 is 0.698 bits per heavy atom. The summed E-state index contributed by atoms with van der Waals surface area (Å²) in [4.78, 5) is 2.34. The molecule has 0 fully saturated rings. The number of nitrogens with zero attached hydrogens (tertiary/aromatic N) is 2.